The molecule has 0 aliphatic carbocycles. The molecule has 7 heteroatoms. The van der Waals surface area contributed by atoms with Crippen molar-refractivity contribution in [2.45, 2.75) is 45.5 Å². The Kier molecular flexibility index (Phi) is 6.16. The fourth-order valence-electron chi connectivity index (χ4n) is 3.97. The summed E-state index contributed by atoms with van der Waals surface area (Å²) in [6.07, 6.45) is -4.44. The maximum absolute atomic E-state index is 13.5. The highest BCUT2D eigenvalue weighted by Crippen LogP contribution is 2.31. The zero-order valence-corrected chi connectivity index (χ0v) is 19.7. The van der Waals surface area contributed by atoms with Gasteiger partial charge in [0.15, 0.2) is 0 Å². The first-order valence-corrected chi connectivity index (χ1v) is 11.1. The molecule has 0 atom stereocenters. The summed E-state index contributed by atoms with van der Waals surface area (Å²) in [6, 6.07) is 19.0. The number of alkyl halides is 3. The summed E-state index contributed by atoms with van der Waals surface area (Å²) in [5.41, 5.74) is 4.53. The number of aliphatic hydroxyl groups excluding tert-OH is 1. The summed E-state index contributed by atoms with van der Waals surface area (Å²) in [7, 11) is 1.81. The second kappa shape index (κ2) is 8.80. The minimum absolute atomic E-state index is 0.00677. The van der Waals surface area contributed by atoms with Gasteiger partial charge in [-0.05, 0) is 52.4 Å². The van der Waals surface area contributed by atoms with Gasteiger partial charge in [0.2, 0.25) is 5.62 Å². The smallest absolute Gasteiger partial charge is 0.392 e. The van der Waals surface area contributed by atoms with E-state index in [1.165, 1.54) is 17.7 Å². The molecular weight excluding hydrogens is 439 g/mol. The molecule has 0 unspecified atom stereocenters. The van der Waals surface area contributed by atoms with E-state index in [0.717, 1.165) is 22.9 Å². The SMILES string of the molecule is Cn1c(=Nc2ccc(C(C)(C)C)cc2)n(Cc2ccc(CO)cc2)c2cc(C(F)(F)F)ccc21. The number of benzene rings is 3. The van der Waals surface area contributed by atoms with Gasteiger partial charge in [-0.25, -0.2) is 4.99 Å². The molecule has 0 spiro atoms. The van der Waals surface area contributed by atoms with E-state index in [4.69, 9.17) is 4.99 Å². The molecule has 0 saturated heterocycles. The molecule has 178 valence electrons. The molecule has 0 aliphatic heterocycles. The van der Waals surface area contributed by atoms with Crippen molar-refractivity contribution in [3.63, 3.8) is 0 Å². The summed E-state index contributed by atoms with van der Waals surface area (Å²) in [4.78, 5) is 4.83. The third kappa shape index (κ3) is 4.80. The number of halogens is 3. The molecule has 4 nitrogen and oxygen atoms in total. The van der Waals surface area contributed by atoms with Crippen LogP contribution in [0, 0.1) is 0 Å². The zero-order valence-electron chi connectivity index (χ0n) is 19.7. The lowest BCUT2D eigenvalue weighted by Gasteiger charge is -2.18. The second-order valence-corrected chi connectivity index (χ2v) is 9.53. The Morgan fingerprint density at radius 2 is 1.38 bits per heavy atom. The first kappa shape index (κ1) is 23.8. The fraction of sp³-hybridized carbons (Fsp3) is 0.296. The molecule has 1 N–H and O–H groups in total. The van der Waals surface area contributed by atoms with Crippen LogP contribution in [0.25, 0.3) is 11.0 Å². The first-order chi connectivity index (χ1) is 16.0. The van der Waals surface area contributed by atoms with E-state index in [1.54, 1.807) is 4.57 Å². The molecule has 0 aliphatic rings. The van der Waals surface area contributed by atoms with Gasteiger partial charge in [0.1, 0.15) is 0 Å². The van der Waals surface area contributed by atoms with E-state index < -0.39 is 11.7 Å². The molecule has 34 heavy (non-hydrogen) atoms. The summed E-state index contributed by atoms with van der Waals surface area (Å²) in [5, 5.41) is 9.32. The zero-order chi connectivity index (χ0) is 24.7. The van der Waals surface area contributed by atoms with Crippen molar-refractivity contribution >= 4 is 16.7 Å². The number of aliphatic hydroxyl groups is 1. The Balaban J connectivity index is 1.91. The van der Waals surface area contributed by atoms with Gasteiger partial charge >= 0.3 is 6.18 Å². The van der Waals surface area contributed by atoms with Crippen molar-refractivity contribution in [3.8, 4) is 0 Å². The van der Waals surface area contributed by atoms with Crippen LogP contribution in [0.15, 0.2) is 71.7 Å². The van der Waals surface area contributed by atoms with E-state index in [-0.39, 0.29) is 12.0 Å². The third-order valence-electron chi connectivity index (χ3n) is 6.00. The molecular formula is C27H28F3N3O. The summed E-state index contributed by atoms with van der Waals surface area (Å²) in [6.45, 7) is 6.68. The number of fused-ring (bicyclic) bond motifs is 1. The molecule has 1 aromatic heterocycles. The summed E-state index contributed by atoms with van der Waals surface area (Å²) < 4.78 is 44.1. The fourth-order valence-corrected chi connectivity index (χ4v) is 3.97. The minimum atomic E-state index is -4.44. The standard InChI is InChI=1S/C27H28F3N3O/c1-26(2,3)20-9-12-22(13-10-20)31-25-32(4)23-14-11-21(27(28,29)30)15-24(23)33(25)16-18-5-7-19(17-34)8-6-18/h5-15,34H,16-17H2,1-4H3. The van der Waals surface area contributed by atoms with Crippen LogP contribution < -0.4 is 5.62 Å². The molecule has 0 radical (unpaired) electrons. The van der Waals surface area contributed by atoms with Crippen LogP contribution in [-0.2, 0) is 31.8 Å². The van der Waals surface area contributed by atoms with Crippen LogP contribution in [0.4, 0.5) is 18.9 Å². The van der Waals surface area contributed by atoms with Gasteiger partial charge in [-0.15, -0.1) is 0 Å². The number of hydrogen-bond donors (Lipinski definition) is 1. The minimum Gasteiger partial charge on any atom is -0.392 e. The maximum atomic E-state index is 13.5. The number of aryl methyl sites for hydroxylation is 1. The highest BCUT2D eigenvalue weighted by molar-refractivity contribution is 5.77. The van der Waals surface area contributed by atoms with Gasteiger partial charge in [-0.1, -0.05) is 57.2 Å². The Hall–Kier alpha value is -3.32. The van der Waals surface area contributed by atoms with Crippen molar-refractivity contribution in [2.75, 3.05) is 0 Å². The van der Waals surface area contributed by atoms with Gasteiger partial charge in [-0.3, -0.25) is 0 Å². The monoisotopic (exact) mass is 467 g/mol. The predicted octanol–water partition coefficient (Wildman–Crippen LogP) is 6.07. The van der Waals surface area contributed by atoms with Crippen molar-refractivity contribution in [1.82, 2.24) is 9.13 Å². The average Bonchev–Trinajstić information content (AvgIpc) is 3.04. The predicted molar refractivity (Wildman–Crippen MR) is 128 cm³/mol. The molecule has 3 aromatic carbocycles. The van der Waals surface area contributed by atoms with Gasteiger partial charge < -0.3 is 14.2 Å². The summed E-state index contributed by atoms with van der Waals surface area (Å²) in [5.74, 6) is 0. The Labute approximate surface area is 196 Å². The van der Waals surface area contributed by atoms with Crippen molar-refractivity contribution < 1.29 is 18.3 Å². The average molecular weight is 468 g/mol. The van der Waals surface area contributed by atoms with Gasteiger partial charge in [-0.2, -0.15) is 13.2 Å². The molecule has 0 bridgehead atoms. The van der Waals surface area contributed by atoms with Gasteiger partial charge in [0.05, 0.1) is 35.4 Å². The lowest BCUT2D eigenvalue weighted by Crippen LogP contribution is -2.24. The molecule has 4 rings (SSSR count). The quantitative estimate of drug-likeness (QED) is 0.389. The van der Waals surface area contributed by atoms with Crippen LogP contribution in [-0.4, -0.2) is 14.2 Å². The third-order valence-corrected chi connectivity index (χ3v) is 6.00. The van der Waals surface area contributed by atoms with Crippen molar-refractivity contribution in [3.05, 3.63) is 94.6 Å². The first-order valence-electron chi connectivity index (χ1n) is 11.1. The van der Waals surface area contributed by atoms with E-state index in [0.29, 0.717) is 23.2 Å². The number of aromatic nitrogens is 2. The van der Waals surface area contributed by atoms with E-state index in [2.05, 4.69) is 20.8 Å². The van der Waals surface area contributed by atoms with E-state index in [9.17, 15) is 18.3 Å². The van der Waals surface area contributed by atoms with Crippen molar-refractivity contribution in [1.29, 1.82) is 0 Å². The molecule has 4 aromatic rings. The molecule has 0 fully saturated rings. The normalized spacial score (nSPS) is 13.1. The lowest BCUT2D eigenvalue weighted by atomic mass is 9.87. The van der Waals surface area contributed by atoms with E-state index in [1.807, 2.05) is 60.1 Å². The van der Waals surface area contributed by atoms with Crippen LogP contribution in [0.1, 0.15) is 43.0 Å². The largest absolute Gasteiger partial charge is 0.416 e. The van der Waals surface area contributed by atoms with Crippen LogP contribution in [0.5, 0.6) is 0 Å². The topological polar surface area (TPSA) is 42.5 Å². The molecule has 0 amide bonds. The molecule has 0 saturated carbocycles. The number of rotatable bonds is 4. The van der Waals surface area contributed by atoms with Crippen molar-refractivity contribution in [2.24, 2.45) is 12.0 Å². The summed E-state index contributed by atoms with van der Waals surface area (Å²) >= 11 is 0. The lowest BCUT2D eigenvalue weighted by molar-refractivity contribution is -0.137. The number of hydrogen-bond acceptors (Lipinski definition) is 2. The Bertz CT molecular complexity index is 1370. The Morgan fingerprint density at radius 1 is 0.794 bits per heavy atom. The van der Waals surface area contributed by atoms with E-state index >= 15 is 0 Å². The van der Waals surface area contributed by atoms with Crippen LogP contribution in [0.3, 0.4) is 0 Å². The van der Waals surface area contributed by atoms with Gasteiger partial charge in [0, 0.05) is 7.05 Å². The number of nitrogens with zero attached hydrogens (tertiary/aromatic N) is 3. The second-order valence-electron chi connectivity index (χ2n) is 9.53. The highest BCUT2D eigenvalue weighted by Gasteiger charge is 2.31. The Morgan fingerprint density at radius 3 is 1.94 bits per heavy atom. The van der Waals surface area contributed by atoms with Crippen LogP contribution >= 0.6 is 0 Å². The van der Waals surface area contributed by atoms with Gasteiger partial charge in [0.25, 0.3) is 0 Å². The highest BCUT2D eigenvalue weighted by atomic mass is 19.4. The molecule has 1 heterocycles. The number of imidazole rings is 1. The maximum Gasteiger partial charge on any atom is 0.416 e. The van der Waals surface area contributed by atoms with Crippen LogP contribution in [0.2, 0.25) is 0 Å².